The first-order valence-electron chi connectivity index (χ1n) is 16.6. The van der Waals surface area contributed by atoms with Gasteiger partial charge < -0.3 is 30.1 Å². The van der Waals surface area contributed by atoms with Crippen molar-refractivity contribution in [2.45, 2.75) is 57.0 Å². The summed E-state index contributed by atoms with van der Waals surface area (Å²) >= 11 is 0. The van der Waals surface area contributed by atoms with Gasteiger partial charge in [-0.05, 0) is 106 Å². The van der Waals surface area contributed by atoms with Crippen LogP contribution < -0.4 is 15.5 Å². The second-order valence-electron chi connectivity index (χ2n) is 13.8. The Balaban J connectivity index is 1.29. The molecule has 2 heterocycles. The highest BCUT2D eigenvalue weighted by Gasteiger charge is 2.52. The first kappa shape index (κ1) is 33.7. The lowest BCUT2D eigenvalue weighted by atomic mass is 9.58. The second-order valence-corrected chi connectivity index (χ2v) is 13.8. The minimum Gasteiger partial charge on any atom is -0.453 e. The summed E-state index contributed by atoms with van der Waals surface area (Å²) in [7, 11) is 5.41. The molecule has 1 saturated carbocycles. The molecule has 2 N–H and O–H groups in total. The van der Waals surface area contributed by atoms with E-state index >= 15 is 0 Å². The fourth-order valence-electron chi connectivity index (χ4n) is 8.39. The SMILES string of the molecule is COC(=O)N[C@H]1CCC[C@@H]1C(CNC(C)=O)(c1cccc(F)c1)C1CCN(CC2CN(c3ccc(C#N)c(CN(C)C)c3)C2)CC1. The molecule has 1 unspecified atom stereocenters. The monoisotopic (exact) mass is 632 g/mol. The molecule has 9 nitrogen and oxygen atoms in total. The number of piperidine rings is 1. The van der Waals surface area contributed by atoms with Gasteiger partial charge in [0.05, 0.1) is 18.7 Å². The molecule has 0 aromatic heterocycles. The zero-order chi connectivity index (χ0) is 32.8. The van der Waals surface area contributed by atoms with E-state index in [0.717, 1.165) is 88.1 Å². The van der Waals surface area contributed by atoms with E-state index in [0.29, 0.717) is 12.5 Å². The van der Waals surface area contributed by atoms with Crippen molar-refractivity contribution in [1.82, 2.24) is 20.4 Å². The van der Waals surface area contributed by atoms with Gasteiger partial charge in [0.1, 0.15) is 5.82 Å². The summed E-state index contributed by atoms with van der Waals surface area (Å²) in [6.07, 6.45) is 4.06. The van der Waals surface area contributed by atoms with Crippen molar-refractivity contribution in [1.29, 1.82) is 5.26 Å². The number of ether oxygens (including phenoxy) is 1. The molecule has 2 aromatic carbocycles. The molecule has 3 atom stereocenters. The molecule has 10 heteroatoms. The van der Waals surface area contributed by atoms with Gasteiger partial charge in [-0.25, -0.2) is 9.18 Å². The number of nitrogens with one attached hydrogen (secondary N) is 2. The standard InChI is InChI=1S/C36H49FN6O3/c1-25(44)39-24-36(30-7-5-8-31(37)18-30,33-9-6-10-34(33)40-35(45)46-4)29-13-15-42(16-14-29)20-26-21-43(22-26)32-12-11-27(19-38)28(17-32)23-41(2)3/h5,7-8,11-12,17-18,26,29,33-34H,6,9-10,13-16,20-24H2,1-4H3,(H,39,44)(H,40,45)/t33-,34-,36?/m0/s1. The van der Waals surface area contributed by atoms with Crippen LogP contribution in [0.15, 0.2) is 42.5 Å². The van der Waals surface area contributed by atoms with Gasteiger partial charge in [-0.3, -0.25) is 4.79 Å². The van der Waals surface area contributed by atoms with Crippen molar-refractivity contribution >= 4 is 17.7 Å². The number of alkyl carbamates (subject to hydrolysis) is 1. The number of likely N-dealkylation sites (tertiary alicyclic amines) is 1. The molecular weight excluding hydrogens is 583 g/mol. The molecule has 3 aliphatic rings. The smallest absolute Gasteiger partial charge is 0.407 e. The highest BCUT2D eigenvalue weighted by atomic mass is 19.1. The van der Waals surface area contributed by atoms with Crippen LogP contribution >= 0.6 is 0 Å². The Morgan fingerprint density at radius 3 is 2.52 bits per heavy atom. The Morgan fingerprint density at radius 1 is 1.11 bits per heavy atom. The fourth-order valence-corrected chi connectivity index (χ4v) is 8.39. The van der Waals surface area contributed by atoms with Crippen LogP contribution in [-0.2, 0) is 21.5 Å². The molecule has 2 saturated heterocycles. The number of amides is 2. The van der Waals surface area contributed by atoms with Crippen LogP contribution in [0.4, 0.5) is 14.9 Å². The topological polar surface area (TPSA) is 101 Å². The lowest BCUT2D eigenvalue weighted by Gasteiger charge is -2.51. The largest absolute Gasteiger partial charge is 0.453 e. The van der Waals surface area contributed by atoms with E-state index in [1.807, 2.05) is 26.2 Å². The maximum absolute atomic E-state index is 14.8. The Morgan fingerprint density at radius 2 is 1.87 bits per heavy atom. The number of hydrogen-bond acceptors (Lipinski definition) is 7. The van der Waals surface area contributed by atoms with Crippen LogP contribution in [0.1, 0.15) is 55.7 Å². The summed E-state index contributed by atoms with van der Waals surface area (Å²) < 4.78 is 19.8. The molecule has 1 aliphatic carbocycles. The number of hydrogen-bond donors (Lipinski definition) is 2. The van der Waals surface area contributed by atoms with E-state index in [4.69, 9.17) is 4.74 Å². The average molecular weight is 633 g/mol. The van der Waals surface area contributed by atoms with Crippen molar-refractivity contribution in [3.05, 3.63) is 65.0 Å². The summed E-state index contributed by atoms with van der Waals surface area (Å²) in [5, 5.41) is 15.7. The fraction of sp³-hybridized carbons (Fsp3) is 0.583. The van der Waals surface area contributed by atoms with Crippen LogP contribution in [0.5, 0.6) is 0 Å². The van der Waals surface area contributed by atoms with E-state index in [1.165, 1.54) is 25.8 Å². The highest BCUT2D eigenvalue weighted by Crippen LogP contribution is 2.50. The number of methoxy groups -OCH3 is 1. The van der Waals surface area contributed by atoms with E-state index in [1.54, 1.807) is 12.1 Å². The van der Waals surface area contributed by atoms with Crippen molar-refractivity contribution in [3.8, 4) is 6.07 Å². The van der Waals surface area contributed by atoms with Crippen LogP contribution in [0, 0.1) is 34.9 Å². The summed E-state index contributed by atoms with van der Waals surface area (Å²) in [5.41, 5.74) is 3.33. The lowest BCUT2D eigenvalue weighted by molar-refractivity contribution is -0.119. The van der Waals surface area contributed by atoms with Gasteiger partial charge in [0.2, 0.25) is 5.91 Å². The molecule has 5 rings (SSSR count). The van der Waals surface area contributed by atoms with Gasteiger partial charge in [0.25, 0.3) is 0 Å². The first-order valence-corrected chi connectivity index (χ1v) is 16.6. The molecule has 2 aromatic rings. The van der Waals surface area contributed by atoms with Crippen LogP contribution in [0.2, 0.25) is 0 Å². The molecule has 3 fully saturated rings. The third-order valence-electron chi connectivity index (χ3n) is 10.5. The van der Waals surface area contributed by atoms with Crippen LogP contribution in [0.3, 0.4) is 0 Å². The Hall–Kier alpha value is -3.68. The van der Waals surface area contributed by atoms with E-state index in [2.05, 4.69) is 43.5 Å². The van der Waals surface area contributed by atoms with Crippen molar-refractivity contribution in [2.75, 3.05) is 65.4 Å². The molecule has 0 radical (unpaired) electrons. The highest BCUT2D eigenvalue weighted by molar-refractivity contribution is 5.73. The van der Waals surface area contributed by atoms with Gasteiger partial charge in [0, 0.05) is 62.7 Å². The number of nitrogens with zero attached hydrogens (tertiary/aromatic N) is 4. The van der Waals surface area contributed by atoms with Gasteiger partial charge in [-0.1, -0.05) is 18.6 Å². The Labute approximate surface area is 273 Å². The van der Waals surface area contributed by atoms with Crippen LogP contribution in [0.25, 0.3) is 0 Å². The molecule has 0 spiro atoms. The molecule has 248 valence electrons. The molecule has 2 aliphatic heterocycles. The molecular formula is C36H49FN6O3. The van der Waals surface area contributed by atoms with Crippen LogP contribution in [-0.4, -0.2) is 88.3 Å². The van der Waals surface area contributed by atoms with Crippen molar-refractivity contribution in [3.63, 3.8) is 0 Å². The van der Waals surface area contributed by atoms with E-state index in [-0.39, 0.29) is 29.6 Å². The quantitative estimate of drug-likeness (QED) is 0.376. The second kappa shape index (κ2) is 14.8. The predicted molar refractivity (Wildman–Crippen MR) is 177 cm³/mol. The lowest BCUT2D eigenvalue weighted by Crippen LogP contribution is -2.58. The van der Waals surface area contributed by atoms with Gasteiger partial charge in [-0.2, -0.15) is 5.26 Å². The van der Waals surface area contributed by atoms with Crippen molar-refractivity contribution < 1.29 is 18.7 Å². The van der Waals surface area contributed by atoms with E-state index < -0.39 is 11.5 Å². The number of nitriles is 1. The number of carbonyl (C=O) groups excluding carboxylic acids is 2. The number of rotatable bonds is 11. The Bertz CT molecular complexity index is 1410. The average Bonchev–Trinajstić information content (AvgIpc) is 3.47. The third kappa shape index (κ3) is 7.48. The number of benzene rings is 2. The maximum atomic E-state index is 14.8. The van der Waals surface area contributed by atoms with Gasteiger partial charge in [-0.15, -0.1) is 0 Å². The van der Waals surface area contributed by atoms with E-state index in [9.17, 15) is 19.2 Å². The Kier molecular flexibility index (Phi) is 10.9. The number of halogens is 1. The third-order valence-corrected chi connectivity index (χ3v) is 10.5. The summed E-state index contributed by atoms with van der Waals surface area (Å²) in [6, 6.07) is 15.2. The van der Waals surface area contributed by atoms with Gasteiger partial charge >= 0.3 is 6.09 Å². The minimum absolute atomic E-state index is 0.0294. The number of anilines is 1. The minimum atomic E-state index is -0.533. The summed E-state index contributed by atoms with van der Waals surface area (Å²) in [4.78, 5) is 31.7. The summed E-state index contributed by atoms with van der Waals surface area (Å²) in [6.45, 7) is 7.55. The first-order chi connectivity index (χ1) is 22.1. The summed E-state index contributed by atoms with van der Waals surface area (Å²) in [5.74, 6) is 0.402. The normalized spacial score (nSPS) is 22.2. The zero-order valence-electron chi connectivity index (χ0n) is 27.7. The maximum Gasteiger partial charge on any atom is 0.407 e. The molecule has 2 amide bonds. The van der Waals surface area contributed by atoms with Gasteiger partial charge in [0.15, 0.2) is 0 Å². The molecule has 46 heavy (non-hydrogen) atoms. The number of carbonyl (C=O) groups is 2. The predicted octanol–water partition coefficient (Wildman–Crippen LogP) is 4.51. The van der Waals surface area contributed by atoms with Crippen molar-refractivity contribution in [2.24, 2.45) is 17.8 Å². The molecule has 0 bridgehead atoms. The zero-order valence-corrected chi connectivity index (χ0v) is 27.7.